The van der Waals surface area contributed by atoms with Crippen molar-refractivity contribution in [3.8, 4) is 0 Å². The van der Waals surface area contributed by atoms with Crippen LogP contribution < -0.4 is 5.32 Å². The summed E-state index contributed by atoms with van der Waals surface area (Å²) in [5, 5.41) is 12.9. The number of aliphatic hydroxyl groups is 1. The number of hydrogen-bond donors (Lipinski definition) is 2. The SMILES string of the molecule is CC(NCC1CCCCC1CO)c1cc(Br)ccc1F. The molecule has 0 amide bonds. The Morgan fingerprint density at radius 2 is 2.05 bits per heavy atom. The third-order valence-corrected chi connectivity index (χ3v) is 4.91. The van der Waals surface area contributed by atoms with E-state index >= 15 is 0 Å². The fourth-order valence-electron chi connectivity index (χ4n) is 3.08. The van der Waals surface area contributed by atoms with Crippen LogP contribution in [-0.2, 0) is 0 Å². The van der Waals surface area contributed by atoms with E-state index in [9.17, 15) is 9.50 Å². The fraction of sp³-hybridized carbons (Fsp3) is 0.625. The highest BCUT2D eigenvalue weighted by molar-refractivity contribution is 9.10. The lowest BCUT2D eigenvalue weighted by atomic mass is 9.79. The van der Waals surface area contributed by atoms with Gasteiger partial charge in [0.05, 0.1) is 0 Å². The minimum absolute atomic E-state index is 0.0197. The summed E-state index contributed by atoms with van der Waals surface area (Å²) in [5.41, 5.74) is 0.690. The number of rotatable bonds is 5. The molecule has 112 valence electrons. The van der Waals surface area contributed by atoms with Crippen molar-refractivity contribution >= 4 is 15.9 Å². The molecule has 2 nitrogen and oxygen atoms in total. The molecular formula is C16H23BrFNO. The molecule has 1 aromatic carbocycles. The molecule has 0 spiro atoms. The van der Waals surface area contributed by atoms with Gasteiger partial charge in [-0.2, -0.15) is 0 Å². The highest BCUT2D eigenvalue weighted by Crippen LogP contribution is 2.30. The third kappa shape index (κ3) is 4.03. The molecule has 0 radical (unpaired) electrons. The minimum atomic E-state index is -0.171. The summed E-state index contributed by atoms with van der Waals surface area (Å²) in [7, 11) is 0. The van der Waals surface area contributed by atoms with Gasteiger partial charge in [-0.15, -0.1) is 0 Å². The number of hydrogen-bond acceptors (Lipinski definition) is 2. The minimum Gasteiger partial charge on any atom is -0.396 e. The average Bonchev–Trinajstić information content (AvgIpc) is 2.47. The Labute approximate surface area is 128 Å². The van der Waals surface area contributed by atoms with Crippen LogP contribution in [0.1, 0.15) is 44.2 Å². The quantitative estimate of drug-likeness (QED) is 0.845. The highest BCUT2D eigenvalue weighted by Gasteiger charge is 2.24. The Bertz CT molecular complexity index is 440. The maximum Gasteiger partial charge on any atom is 0.128 e. The van der Waals surface area contributed by atoms with Crippen LogP contribution in [0.3, 0.4) is 0 Å². The van der Waals surface area contributed by atoms with Crippen LogP contribution in [0.25, 0.3) is 0 Å². The molecule has 2 N–H and O–H groups in total. The molecule has 1 saturated carbocycles. The van der Waals surface area contributed by atoms with Crippen LogP contribution in [-0.4, -0.2) is 18.3 Å². The molecule has 0 saturated heterocycles. The summed E-state index contributed by atoms with van der Waals surface area (Å²) in [6, 6.07) is 5.02. The van der Waals surface area contributed by atoms with Gasteiger partial charge >= 0.3 is 0 Å². The van der Waals surface area contributed by atoms with Gasteiger partial charge in [0.15, 0.2) is 0 Å². The summed E-state index contributed by atoms with van der Waals surface area (Å²) in [5.74, 6) is 0.734. The van der Waals surface area contributed by atoms with Gasteiger partial charge < -0.3 is 10.4 Å². The van der Waals surface area contributed by atoms with Crippen molar-refractivity contribution in [3.63, 3.8) is 0 Å². The number of nitrogens with one attached hydrogen (secondary N) is 1. The van der Waals surface area contributed by atoms with Crippen molar-refractivity contribution in [2.24, 2.45) is 11.8 Å². The van der Waals surface area contributed by atoms with Gasteiger partial charge in [0, 0.05) is 22.7 Å². The van der Waals surface area contributed by atoms with E-state index in [0.717, 1.165) is 23.9 Å². The zero-order valence-corrected chi connectivity index (χ0v) is 13.5. The van der Waals surface area contributed by atoms with Crippen LogP contribution in [0.2, 0.25) is 0 Å². The maximum atomic E-state index is 13.8. The van der Waals surface area contributed by atoms with Crippen molar-refractivity contribution in [2.75, 3.05) is 13.2 Å². The molecule has 0 heterocycles. The lowest BCUT2D eigenvalue weighted by Gasteiger charge is -2.31. The largest absolute Gasteiger partial charge is 0.396 e. The van der Waals surface area contributed by atoms with Gasteiger partial charge in [-0.3, -0.25) is 0 Å². The molecule has 1 fully saturated rings. The van der Waals surface area contributed by atoms with Gasteiger partial charge in [-0.1, -0.05) is 28.8 Å². The van der Waals surface area contributed by atoms with E-state index in [0.29, 0.717) is 17.4 Å². The van der Waals surface area contributed by atoms with Gasteiger partial charge in [-0.05, 0) is 56.3 Å². The molecule has 1 aromatic rings. The predicted molar refractivity (Wildman–Crippen MR) is 83.1 cm³/mol. The third-order valence-electron chi connectivity index (χ3n) is 4.41. The molecule has 4 heteroatoms. The first-order chi connectivity index (χ1) is 9.61. The monoisotopic (exact) mass is 343 g/mol. The van der Waals surface area contributed by atoms with Crippen molar-refractivity contribution < 1.29 is 9.50 Å². The molecule has 0 aliphatic heterocycles. The first-order valence-corrected chi connectivity index (χ1v) is 8.20. The lowest BCUT2D eigenvalue weighted by Crippen LogP contribution is -2.33. The van der Waals surface area contributed by atoms with Gasteiger partial charge in [0.2, 0.25) is 0 Å². The molecule has 3 atom stereocenters. The molecule has 20 heavy (non-hydrogen) atoms. The zero-order valence-electron chi connectivity index (χ0n) is 11.9. The summed E-state index contributed by atoms with van der Waals surface area (Å²) in [6.45, 7) is 3.10. The van der Waals surface area contributed by atoms with E-state index in [1.807, 2.05) is 13.0 Å². The second-order valence-electron chi connectivity index (χ2n) is 5.78. The van der Waals surface area contributed by atoms with E-state index < -0.39 is 0 Å². The first-order valence-electron chi connectivity index (χ1n) is 7.41. The molecule has 3 unspecified atom stereocenters. The summed E-state index contributed by atoms with van der Waals surface area (Å²) >= 11 is 3.39. The fourth-order valence-corrected chi connectivity index (χ4v) is 3.46. The van der Waals surface area contributed by atoms with Gasteiger partial charge in [-0.25, -0.2) is 4.39 Å². The second kappa shape index (κ2) is 7.53. The summed E-state index contributed by atoms with van der Waals surface area (Å²) in [4.78, 5) is 0. The zero-order chi connectivity index (χ0) is 14.5. The van der Waals surface area contributed by atoms with Crippen LogP contribution >= 0.6 is 15.9 Å². The van der Waals surface area contributed by atoms with Crippen LogP contribution in [0.5, 0.6) is 0 Å². The van der Waals surface area contributed by atoms with Crippen molar-refractivity contribution in [3.05, 3.63) is 34.1 Å². The Morgan fingerprint density at radius 3 is 2.75 bits per heavy atom. The highest BCUT2D eigenvalue weighted by atomic mass is 79.9. The summed E-state index contributed by atoms with van der Waals surface area (Å²) < 4.78 is 14.7. The first kappa shape index (κ1) is 15.9. The standard InChI is InChI=1S/C16H23BrFNO/c1-11(15-8-14(17)6-7-16(15)18)19-9-12-4-2-3-5-13(12)10-20/h6-8,11-13,19-20H,2-5,9-10H2,1H3. The van der Waals surface area contributed by atoms with Crippen LogP contribution in [0, 0.1) is 17.7 Å². The van der Waals surface area contributed by atoms with Crippen molar-refractivity contribution in [1.29, 1.82) is 0 Å². The Balaban J connectivity index is 1.94. The summed E-state index contributed by atoms with van der Waals surface area (Å²) in [6.07, 6.45) is 4.73. The smallest absolute Gasteiger partial charge is 0.128 e. The van der Waals surface area contributed by atoms with E-state index in [1.165, 1.54) is 18.9 Å². The molecule has 1 aliphatic carbocycles. The van der Waals surface area contributed by atoms with Crippen LogP contribution in [0.4, 0.5) is 4.39 Å². The Hall–Kier alpha value is -0.450. The van der Waals surface area contributed by atoms with Crippen molar-refractivity contribution in [2.45, 2.75) is 38.6 Å². The van der Waals surface area contributed by atoms with E-state index in [2.05, 4.69) is 21.2 Å². The molecule has 1 aliphatic rings. The van der Waals surface area contributed by atoms with Crippen LogP contribution in [0.15, 0.2) is 22.7 Å². The number of benzene rings is 1. The normalized spacial score (nSPS) is 24.6. The second-order valence-corrected chi connectivity index (χ2v) is 6.70. The Morgan fingerprint density at radius 1 is 1.35 bits per heavy atom. The Kier molecular flexibility index (Phi) is 6.00. The van der Waals surface area contributed by atoms with E-state index in [4.69, 9.17) is 0 Å². The van der Waals surface area contributed by atoms with Gasteiger partial charge in [0.25, 0.3) is 0 Å². The van der Waals surface area contributed by atoms with E-state index in [-0.39, 0.29) is 18.5 Å². The maximum absolute atomic E-state index is 13.8. The van der Waals surface area contributed by atoms with E-state index in [1.54, 1.807) is 6.07 Å². The molecule has 0 aromatic heterocycles. The topological polar surface area (TPSA) is 32.3 Å². The van der Waals surface area contributed by atoms with Crippen molar-refractivity contribution in [1.82, 2.24) is 5.32 Å². The molecular weight excluding hydrogens is 321 g/mol. The molecule has 2 rings (SSSR count). The average molecular weight is 344 g/mol. The predicted octanol–water partition coefficient (Wildman–Crippen LogP) is 4.04. The number of halogens is 2. The lowest BCUT2D eigenvalue weighted by molar-refractivity contribution is 0.131. The van der Waals surface area contributed by atoms with Gasteiger partial charge in [0.1, 0.15) is 5.82 Å². The molecule has 0 bridgehead atoms. The number of aliphatic hydroxyl groups excluding tert-OH is 1.